The van der Waals surface area contributed by atoms with Crippen LogP contribution in [-0.2, 0) is 29.2 Å². The van der Waals surface area contributed by atoms with Crippen LogP contribution in [0.3, 0.4) is 0 Å². The molecule has 1 unspecified atom stereocenters. The van der Waals surface area contributed by atoms with E-state index in [1.807, 2.05) is 30.3 Å². The number of aromatic nitrogens is 1. The molecule has 13 nitrogen and oxygen atoms in total. The van der Waals surface area contributed by atoms with Crippen LogP contribution in [-0.4, -0.2) is 102 Å². The first kappa shape index (κ1) is 40.1. The zero-order valence-electron chi connectivity index (χ0n) is 32.3. The standard InChI is InChI=1S/C41H47F2N5O8S/c1-6-25-20-41(25,38(52)46-57(53,54)28-13-14-28)45-36(50)33-17-27(21-48(33)37(51)30(39(2,3)4)18-35(49)47-22-40(42,43)23-47)56-34-19-31(24-10-8-7-9-11-24)44-32-16-26(55-5)12-15-29(32)34/h6-12,15-16,19,25,27-28,30,33H,1,13-14,17-18,20-23H2,2-5H3,(H,45,50)(H,46,52)/t25?,27-,30-,33+,41-/m1/s1. The monoisotopic (exact) mass is 807 g/mol. The van der Waals surface area contributed by atoms with Crippen LogP contribution in [0, 0.1) is 17.3 Å². The number of hydrogen-bond acceptors (Lipinski definition) is 9. The lowest BCUT2D eigenvalue weighted by Crippen LogP contribution is -2.59. The number of rotatable bonds is 13. The summed E-state index contributed by atoms with van der Waals surface area (Å²) in [6, 6.07) is 15.4. The number of hydrogen-bond donors (Lipinski definition) is 2. The third kappa shape index (κ3) is 8.18. The number of benzene rings is 2. The average molecular weight is 808 g/mol. The Morgan fingerprint density at radius 2 is 1.77 bits per heavy atom. The highest BCUT2D eigenvalue weighted by molar-refractivity contribution is 7.91. The van der Waals surface area contributed by atoms with Crippen molar-refractivity contribution in [2.24, 2.45) is 17.3 Å². The van der Waals surface area contributed by atoms with Crippen molar-refractivity contribution in [3.63, 3.8) is 0 Å². The second kappa shape index (κ2) is 14.7. The Balaban J connectivity index is 1.21. The van der Waals surface area contributed by atoms with Gasteiger partial charge in [0.15, 0.2) is 0 Å². The Labute approximate surface area is 330 Å². The highest BCUT2D eigenvalue weighted by atomic mass is 32.2. The first-order valence-corrected chi connectivity index (χ1v) is 20.6. The van der Waals surface area contributed by atoms with Crippen LogP contribution in [0.2, 0.25) is 0 Å². The van der Waals surface area contributed by atoms with Gasteiger partial charge >= 0.3 is 0 Å². The maximum Gasteiger partial charge on any atom is 0.282 e. The molecule has 4 amide bonds. The van der Waals surface area contributed by atoms with E-state index in [4.69, 9.17) is 14.5 Å². The number of likely N-dealkylation sites (tertiary alicyclic amines) is 2. The molecule has 2 aliphatic carbocycles. The van der Waals surface area contributed by atoms with Crippen molar-refractivity contribution in [1.82, 2.24) is 24.8 Å². The molecule has 0 spiro atoms. The normalized spacial score (nSPS) is 24.6. The van der Waals surface area contributed by atoms with Crippen molar-refractivity contribution < 1.29 is 45.9 Å². The van der Waals surface area contributed by atoms with Crippen molar-refractivity contribution in [2.45, 2.75) is 81.7 Å². The van der Waals surface area contributed by atoms with E-state index in [1.165, 1.54) is 11.0 Å². The number of carbonyl (C=O) groups is 4. The number of halogens is 2. The van der Waals surface area contributed by atoms with Gasteiger partial charge in [0.25, 0.3) is 11.8 Å². The summed E-state index contributed by atoms with van der Waals surface area (Å²) in [5.41, 5.74) is -0.450. The Morgan fingerprint density at radius 3 is 2.37 bits per heavy atom. The number of nitrogens with one attached hydrogen (secondary N) is 2. The van der Waals surface area contributed by atoms with Crippen molar-refractivity contribution in [1.29, 1.82) is 0 Å². The van der Waals surface area contributed by atoms with Crippen LogP contribution in [0.15, 0.2) is 67.3 Å². The summed E-state index contributed by atoms with van der Waals surface area (Å²) < 4.78 is 67.2. The summed E-state index contributed by atoms with van der Waals surface area (Å²) in [5.74, 6) is -6.34. The predicted octanol–water partition coefficient (Wildman–Crippen LogP) is 4.46. The lowest BCUT2D eigenvalue weighted by Gasteiger charge is -2.41. The molecular formula is C41H47F2N5O8S. The molecule has 2 saturated heterocycles. The van der Waals surface area contributed by atoms with Crippen LogP contribution in [0.25, 0.3) is 22.2 Å². The number of carbonyl (C=O) groups excluding carboxylic acids is 4. The predicted molar refractivity (Wildman–Crippen MR) is 207 cm³/mol. The number of ether oxygens (including phenoxy) is 2. The average Bonchev–Trinajstić information content (AvgIpc) is 4.08. The van der Waals surface area contributed by atoms with Crippen molar-refractivity contribution in [2.75, 3.05) is 26.7 Å². The number of fused-ring (bicyclic) bond motifs is 1. The molecule has 7 rings (SSSR count). The number of methoxy groups -OCH3 is 1. The van der Waals surface area contributed by atoms with Gasteiger partial charge < -0.3 is 24.6 Å². The maximum absolute atomic E-state index is 14.7. The zero-order valence-corrected chi connectivity index (χ0v) is 33.1. The fourth-order valence-corrected chi connectivity index (χ4v) is 9.05. The van der Waals surface area contributed by atoms with Gasteiger partial charge in [0.1, 0.15) is 29.2 Å². The minimum Gasteiger partial charge on any atom is -0.497 e. The Bertz CT molecular complexity index is 2220. The smallest absolute Gasteiger partial charge is 0.282 e. The SMILES string of the molecule is C=CC1C[C@]1(NC(=O)[C@@H]1C[C@@H](Oc2cc(-c3ccccc3)nc3cc(OC)ccc23)CN1C(=O)[C@@H](CC(=O)N1CC(F)(F)C1)C(C)(C)C)C(=O)NS(=O)(=O)C1CC1. The molecule has 16 heteroatoms. The molecule has 1 aromatic heterocycles. The Hall–Kier alpha value is -5.12. The fourth-order valence-electron chi connectivity index (χ4n) is 7.69. The molecule has 2 aromatic carbocycles. The molecule has 2 N–H and O–H groups in total. The van der Waals surface area contributed by atoms with Gasteiger partial charge in [0.2, 0.25) is 27.7 Å². The van der Waals surface area contributed by atoms with E-state index in [1.54, 1.807) is 52.1 Å². The summed E-state index contributed by atoms with van der Waals surface area (Å²) in [6.45, 7) is 7.48. The summed E-state index contributed by atoms with van der Waals surface area (Å²) in [6.07, 6.45) is 1.26. The molecule has 304 valence electrons. The molecule has 57 heavy (non-hydrogen) atoms. The molecule has 3 aromatic rings. The summed E-state index contributed by atoms with van der Waals surface area (Å²) in [5, 5.41) is 2.75. The third-order valence-corrected chi connectivity index (χ3v) is 13.2. The van der Waals surface area contributed by atoms with Crippen LogP contribution >= 0.6 is 0 Å². The van der Waals surface area contributed by atoms with E-state index in [9.17, 15) is 36.4 Å². The van der Waals surface area contributed by atoms with E-state index < -0.39 is 92.8 Å². The molecule has 4 aliphatic rings. The van der Waals surface area contributed by atoms with Gasteiger partial charge in [-0.25, -0.2) is 22.2 Å². The molecule has 2 aliphatic heterocycles. The summed E-state index contributed by atoms with van der Waals surface area (Å²) in [4.78, 5) is 63.1. The Kier molecular flexibility index (Phi) is 10.3. The second-order valence-corrected chi connectivity index (χ2v) is 18.6. The van der Waals surface area contributed by atoms with Crippen molar-refractivity contribution in [3.8, 4) is 22.8 Å². The number of pyridine rings is 1. The number of nitrogens with zero attached hydrogens (tertiary/aromatic N) is 3. The summed E-state index contributed by atoms with van der Waals surface area (Å²) >= 11 is 0. The minimum absolute atomic E-state index is 0.0296. The van der Waals surface area contributed by atoms with E-state index >= 15 is 0 Å². The van der Waals surface area contributed by atoms with E-state index in [0.29, 0.717) is 40.9 Å². The topological polar surface area (TPSA) is 164 Å². The van der Waals surface area contributed by atoms with Crippen LogP contribution in [0.1, 0.15) is 52.9 Å². The molecular weight excluding hydrogens is 761 g/mol. The second-order valence-electron chi connectivity index (χ2n) is 16.6. The van der Waals surface area contributed by atoms with Gasteiger partial charge in [-0.1, -0.05) is 57.2 Å². The molecule has 0 radical (unpaired) electrons. The van der Waals surface area contributed by atoms with Gasteiger partial charge in [-0.15, -0.1) is 6.58 Å². The first-order chi connectivity index (χ1) is 26.8. The quantitative estimate of drug-likeness (QED) is 0.238. The van der Waals surface area contributed by atoms with E-state index in [-0.39, 0.29) is 25.8 Å². The largest absolute Gasteiger partial charge is 0.497 e. The van der Waals surface area contributed by atoms with Crippen LogP contribution < -0.4 is 19.5 Å². The first-order valence-electron chi connectivity index (χ1n) is 19.0. The molecule has 2 saturated carbocycles. The number of amides is 4. The minimum atomic E-state index is -3.95. The number of alkyl halides is 2. The maximum atomic E-state index is 14.7. The molecule has 4 fully saturated rings. The lowest BCUT2D eigenvalue weighted by molar-refractivity contribution is -0.169. The molecule has 3 heterocycles. The van der Waals surface area contributed by atoms with Gasteiger partial charge in [-0.05, 0) is 36.8 Å². The van der Waals surface area contributed by atoms with E-state index in [0.717, 1.165) is 10.5 Å². The summed E-state index contributed by atoms with van der Waals surface area (Å²) in [7, 11) is -2.40. The van der Waals surface area contributed by atoms with Gasteiger partial charge in [-0.2, -0.15) is 0 Å². The van der Waals surface area contributed by atoms with Crippen molar-refractivity contribution >= 4 is 44.6 Å². The van der Waals surface area contributed by atoms with Crippen molar-refractivity contribution in [3.05, 3.63) is 67.3 Å². The van der Waals surface area contributed by atoms with Gasteiger partial charge in [-0.3, -0.25) is 23.9 Å². The number of sulfonamides is 1. The van der Waals surface area contributed by atoms with Gasteiger partial charge in [0.05, 0.1) is 49.1 Å². The van der Waals surface area contributed by atoms with E-state index in [2.05, 4.69) is 16.6 Å². The highest BCUT2D eigenvalue weighted by Gasteiger charge is 2.62. The fraction of sp³-hybridized carbons (Fsp3) is 0.488. The van der Waals surface area contributed by atoms with Crippen LogP contribution in [0.5, 0.6) is 11.5 Å². The molecule has 0 bridgehead atoms. The molecule has 5 atom stereocenters. The lowest BCUT2D eigenvalue weighted by atomic mass is 9.77. The Morgan fingerprint density at radius 1 is 1.07 bits per heavy atom. The highest BCUT2D eigenvalue weighted by Crippen LogP contribution is 2.46. The zero-order chi connectivity index (χ0) is 41.1. The third-order valence-electron chi connectivity index (χ3n) is 11.4. The van der Waals surface area contributed by atoms with Gasteiger partial charge in [0, 0.05) is 41.8 Å². The van der Waals surface area contributed by atoms with Crippen LogP contribution in [0.4, 0.5) is 8.78 Å².